The molecule has 1 aromatic heterocycles. The highest BCUT2D eigenvalue weighted by atomic mass is 32.1. The second-order valence-corrected chi connectivity index (χ2v) is 5.78. The van der Waals surface area contributed by atoms with Crippen LogP contribution >= 0.6 is 11.3 Å². The van der Waals surface area contributed by atoms with Gasteiger partial charge in [-0.15, -0.1) is 0 Å². The highest BCUT2D eigenvalue weighted by Crippen LogP contribution is 2.37. The third kappa shape index (κ3) is 2.45. The van der Waals surface area contributed by atoms with Gasteiger partial charge in [0, 0.05) is 11.8 Å². The van der Waals surface area contributed by atoms with Crippen molar-refractivity contribution in [1.29, 1.82) is 0 Å². The molecule has 0 amide bonds. The zero-order valence-electron chi connectivity index (χ0n) is 11.6. The van der Waals surface area contributed by atoms with Crippen LogP contribution in [0.15, 0.2) is 36.4 Å². The molecule has 0 aliphatic rings. The van der Waals surface area contributed by atoms with Gasteiger partial charge in [-0.3, -0.25) is 10.1 Å². The van der Waals surface area contributed by atoms with E-state index in [0.717, 1.165) is 21.5 Å². The molecule has 3 aromatic rings. The predicted octanol–water partition coefficient (Wildman–Crippen LogP) is 4.56. The number of nitrogens with one attached hydrogen (secondary N) is 1. The van der Waals surface area contributed by atoms with E-state index in [4.69, 9.17) is 0 Å². The molecule has 5 nitrogen and oxygen atoms in total. The zero-order valence-corrected chi connectivity index (χ0v) is 12.4. The Bertz CT molecular complexity index is 828. The molecule has 0 bridgehead atoms. The van der Waals surface area contributed by atoms with Crippen molar-refractivity contribution in [3.63, 3.8) is 0 Å². The molecule has 0 saturated heterocycles. The Kier molecular flexibility index (Phi) is 3.31. The summed E-state index contributed by atoms with van der Waals surface area (Å²) in [6, 6.07) is 11.2. The molecular weight excluding hydrogens is 286 g/mol. The van der Waals surface area contributed by atoms with Crippen LogP contribution in [-0.2, 0) is 0 Å². The molecule has 0 fully saturated rings. The van der Waals surface area contributed by atoms with Crippen molar-refractivity contribution >= 4 is 38.1 Å². The van der Waals surface area contributed by atoms with Gasteiger partial charge in [-0.25, -0.2) is 4.98 Å². The van der Waals surface area contributed by atoms with Crippen LogP contribution in [0, 0.1) is 24.0 Å². The number of nitro groups is 1. The molecule has 0 atom stereocenters. The summed E-state index contributed by atoms with van der Waals surface area (Å²) in [5.41, 5.74) is 3.36. The summed E-state index contributed by atoms with van der Waals surface area (Å²) in [5, 5.41) is 15.0. The van der Waals surface area contributed by atoms with Crippen molar-refractivity contribution in [1.82, 2.24) is 4.98 Å². The number of aromatic nitrogens is 1. The van der Waals surface area contributed by atoms with Crippen LogP contribution in [0.1, 0.15) is 11.1 Å². The number of nitro benzene ring substituents is 1. The Morgan fingerprint density at radius 2 is 1.95 bits per heavy atom. The summed E-state index contributed by atoms with van der Waals surface area (Å²) in [4.78, 5) is 15.2. The van der Waals surface area contributed by atoms with Crippen LogP contribution in [0.5, 0.6) is 0 Å². The SMILES string of the molecule is Cc1cc([N+](=O)[O-])c2nc(Nc3ccccc3)sc2c1C. The molecular formula is C15H13N3O2S. The topological polar surface area (TPSA) is 68.1 Å². The van der Waals surface area contributed by atoms with Gasteiger partial charge in [-0.05, 0) is 37.1 Å². The highest BCUT2D eigenvalue weighted by Gasteiger charge is 2.20. The second kappa shape index (κ2) is 5.14. The van der Waals surface area contributed by atoms with E-state index < -0.39 is 0 Å². The monoisotopic (exact) mass is 299 g/mol. The van der Waals surface area contributed by atoms with E-state index in [1.165, 1.54) is 11.3 Å². The van der Waals surface area contributed by atoms with Crippen LogP contribution in [0.4, 0.5) is 16.5 Å². The Labute approximate surface area is 125 Å². The number of hydrogen-bond donors (Lipinski definition) is 1. The lowest BCUT2D eigenvalue weighted by atomic mass is 10.1. The molecule has 3 rings (SSSR count). The Balaban J connectivity index is 2.13. The highest BCUT2D eigenvalue weighted by molar-refractivity contribution is 7.22. The van der Waals surface area contributed by atoms with E-state index in [1.807, 2.05) is 44.2 Å². The number of rotatable bonds is 3. The number of benzene rings is 2. The zero-order chi connectivity index (χ0) is 15.0. The molecule has 1 N–H and O–H groups in total. The standard InChI is InChI=1S/C15H13N3O2S/c1-9-8-12(18(19)20)13-14(10(9)2)21-15(17-13)16-11-6-4-3-5-7-11/h3-8H,1-2H3,(H,16,17). The maximum absolute atomic E-state index is 11.2. The number of nitrogens with zero attached hydrogens (tertiary/aromatic N) is 2. The second-order valence-electron chi connectivity index (χ2n) is 4.78. The van der Waals surface area contributed by atoms with Crippen molar-refractivity contribution in [3.05, 3.63) is 57.6 Å². The van der Waals surface area contributed by atoms with Crippen LogP contribution < -0.4 is 5.32 Å². The Morgan fingerprint density at radius 3 is 2.62 bits per heavy atom. The molecule has 0 aliphatic heterocycles. The summed E-state index contributed by atoms with van der Waals surface area (Å²) in [5.74, 6) is 0. The molecule has 21 heavy (non-hydrogen) atoms. The van der Waals surface area contributed by atoms with Gasteiger partial charge >= 0.3 is 0 Å². The van der Waals surface area contributed by atoms with Crippen molar-refractivity contribution < 1.29 is 4.92 Å². The van der Waals surface area contributed by atoms with Crippen LogP contribution in [-0.4, -0.2) is 9.91 Å². The van der Waals surface area contributed by atoms with Gasteiger partial charge in [0.25, 0.3) is 5.69 Å². The van der Waals surface area contributed by atoms with Gasteiger partial charge in [-0.1, -0.05) is 29.5 Å². The van der Waals surface area contributed by atoms with E-state index in [-0.39, 0.29) is 10.6 Å². The van der Waals surface area contributed by atoms with E-state index in [1.54, 1.807) is 6.07 Å². The van der Waals surface area contributed by atoms with Crippen LogP contribution in [0.2, 0.25) is 0 Å². The number of non-ortho nitro benzene ring substituents is 1. The number of para-hydroxylation sites is 1. The van der Waals surface area contributed by atoms with E-state index >= 15 is 0 Å². The Morgan fingerprint density at radius 1 is 1.24 bits per heavy atom. The maximum atomic E-state index is 11.2. The minimum absolute atomic E-state index is 0.0606. The van der Waals surface area contributed by atoms with Gasteiger partial charge in [-0.2, -0.15) is 0 Å². The molecule has 0 saturated carbocycles. The van der Waals surface area contributed by atoms with Gasteiger partial charge in [0.05, 0.1) is 9.62 Å². The normalized spacial score (nSPS) is 10.8. The minimum atomic E-state index is -0.374. The molecule has 0 unspecified atom stereocenters. The third-order valence-corrected chi connectivity index (χ3v) is 4.47. The quantitative estimate of drug-likeness (QED) is 0.568. The van der Waals surface area contributed by atoms with Crippen molar-refractivity contribution in [3.8, 4) is 0 Å². The number of fused-ring (bicyclic) bond motifs is 1. The summed E-state index contributed by atoms with van der Waals surface area (Å²) < 4.78 is 0.861. The third-order valence-electron chi connectivity index (χ3n) is 3.38. The predicted molar refractivity (Wildman–Crippen MR) is 85.5 cm³/mol. The number of aryl methyl sites for hydroxylation is 2. The van der Waals surface area contributed by atoms with Gasteiger partial charge in [0.1, 0.15) is 0 Å². The van der Waals surface area contributed by atoms with Crippen molar-refractivity contribution in [2.24, 2.45) is 0 Å². The first-order valence-corrected chi connectivity index (χ1v) is 7.25. The summed E-state index contributed by atoms with van der Waals surface area (Å²) >= 11 is 1.44. The smallest absolute Gasteiger partial charge is 0.296 e. The first-order chi connectivity index (χ1) is 10.1. The molecule has 0 spiro atoms. The first-order valence-electron chi connectivity index (χ1n) is 6.43. The molecule has 2 aromatic carbocycles. The first kappa shape index (κ1) is 13.5. The largest absolute Gasteiger partial charge is 0.332 e. The average molecular weight is 299 g/mol. The molecule has 0 radical (unpaired) electrons. The number of hydrogen-bond acceptors (Lipinski definition) is 5. The Hall–Kier alpha value is -2.47. The molecule has 6 heteroatoms. The van der Waals surface area contributed by atoms with Crippen LogP contribution in [0.25, 0.3) is 10.2 Å². The number of thiazole rings is 1. The fraction of sp³-hybridized carbons (Fsp3) is 0.133. The van der Waals surface area contributed by atoms with Gasteiger partial charge in [0.2, 0.25) is 0 Å². The lowest BCUT2D eigenvalue weighted by Crippen LogP contribution is -1.93. The minimum Gasteiger partial charge on any atom is -0.332 e. The lowest BCUT2D eigenvalue weighted by molar-refractivity contribution is -0.383. The fourth-order valence-electron chi connectivity index (χ4n) is 2.15. The maximum Gasteiger partial charge on any atom is 0.296 e. The number of anilines is 2. The van der Waals surface area contributed by atoms with Gasteiger partial charge < -0.3 is 5.32 Å². The lowest BCUT2D eigenvalue weighted by Gasteiger charge is -2.00. The van der Waals surface area contributed by atoms with E-state index in [2.05, 4.69) is 10.3 Å². The summed E-state index contributed by atoms with van der Waals surface area (Å²) in [6.45, 7) is 3.84. The molecule has 1 heterocycles. The average Bonchev–Trinajstić information content (AvgIpc) is 2.87. The van der Waals surface area contributed by atoms with Crippen molar-refractivity contribution in [2.75, 3.05) is 5.32 Å². The molecule has 106 valence electrons. The van der Waals surface area contributed by atoms with Crippen LogP contribution in [0.3, 0.4) is 0 Å². The van der Waals surface area contributed by atoms with E-state index in [9.17, 15) is 10.1 Å². The van der Waals surface area contributed by atoms with E-state index in [0.29, 0.717) is 10.6 Å². The van der Waals surface area contributed by atoms with Crippen molar-refractivity contribution in [2.45, 2.75) is 13.8 Å². The fourth-order valence-corrected chi connectivity index (χ4v) is 3.21. The summed E-state index contributed by atoms with van der Waals surface area (Å²) in [6.07, 6.45) is 0. The summed E-state index contributed by atoms with van der Waals surface area (Å²) in [7, 11) is 0. The molecule has 0 aliphatic carbocycles. The van der Waals surface area contributed by atoms with Gasteiger partial charge in [0.15, 0.2) is 10.6 Å².